The highest BCUT2D eigenvalue weighted by atomic mass is 35.5. The molecule has 1 amide bonds. The fraction of sp³-hybridized carbons (Fsp3) is 0.0714. The summed E-state index contributed by atoms with van der Waals surface area (Å²) >= 11 is 5.81. The lowest BCUT2D eigenvalue weighted by molar-refractivity contribution is -0.124. The summed E-state index contributed by atoms with van der Waals surface area (Å²) < 4.78 is 5.59. The Morgan fingerprint density at radius 1 is 1.16 bits per heavy atom. The van der Waals surface area contributed by atoms with Gasteiger partial charge in [-0.05, 0) is 18.2 Å². The number of amides is 1. The van der Waals surface area contributed by atoms with Crippen LogP contribution in [0, 0.1) is 0 Å². The van der Waals surface area contributed by atoms with E-state index in [1.165, 1.54) is 0 Å². The van der Waals surface area contributed by atoms with Crippen LogP contribution in [0.15, 0.2) is 48.5 Å². The molecule has 0 saturated carbocycles. The predicted octanol–water partition coefficient (Wildman–Crippen LogP) is 2.53. The van der Waals surface area contributed by atoms with Crippen LogP contribution in [-0.2, 0) is 4.79 Å². The molecule has 98 valence electrons. The van der Waals surface area contributed by atoms with Gasteiger partial charge in [-0.15, -0.1) is 0 Å². The lowest BCUT2D eigenvalue weighted by Crippen LogP contribution is -2.26. The maximum atomic E-state index is 11.5. The Morgan fingerprint density at radius 2 is 1.84 bits per heavy atom. The van der Waals surface area contributed by atoms with Crippen molar-refractivity contribution in [3.8, 4) is 5.75 Å². The zero-order valence-corrected chi connectivity index (χ0v) is 10.8. The van der Waals surface area contributed by atoms with Gasteiger partial charge in [-0.3, -0.25) is 4.79 Å². The number of nitrogen functional groups attached to an aromatic ring is 1. The Kier molecular flexibility index (Phi) is 3.92. The number of carbonyl (C=O) groups excluding carboxylic acids is 1. The van der Waals surface area contributed by atoms with Crippen LogP contribution in [0.3, 0.4) is 0 Å². The minimum atomic E-state index is -0.885. The molecule has 0 aliphatic carbocycles. The van der Waals surface area contributed by atoms with E-state index in [1.54, 1.807) is 42.5 Å². The van der Waals surface area contributed by atoms with E-state index in [0.29, 0.717) is 22.0 Å². The molecule has 0 aliphatic rings. The van der Waals surface area contributed by atoms with Gasteiger partial charge in [0.2, 0.25) is 6.10 Å². The number of carbonyl (C=O) groups is 1. The first-order valence-corrected chi connectivity index (χ1v) is 6.01. The highest BCUT2D eigenvalue weighted by molar-refractivity contribution is 6.30. The van der Waals surface area contributed by atoms with E-state index in [9.17, 15) is 4.79 Å². The molecule has 0 saturated heterocycles. The van der Waals surface area contributed by atoms with Crippen molar-refractivity contribution in [2.75, 3.05) is 5.73 Å². The molecule has 0 radical (unpaired) electrons. The maximum Gasteiger partial charge on any atom is 0.263 e. The monoisotopic (exact) mass is 276 g/mol. The Balaban J connectivity index is 2.29. The molecule has 0 bridgehead atoms. The summed E-state index contributed by atoms with van der Waals surface area (Å²) in [5.74, 6) is -0.211. The molecule has 0 aromatic heterocycles. The summed E-state index contributed by atoms with van der Waals surface area (Å²) in [7, 11) is 0. The summed E-state index contributed by atoms with van der Waals surface area (Å²) in [5, 5.41) is 0.500. The second-order valence-corrected chi connectivity index (χ2v) is 4.43. The van der Waals surface area contributed by atoms with Crippen molar-refractivity contribution in [1.29, 1.82) is 0 Å². The van der Waals surface area contributed by atoms with Crippen molar-refractivity contribution < 1.29 is 9.53 Å². The van der Waals surface area contributed by atoms with Gasteiger partial charge in [0.05, 0.1) is 5.69 Å². The largest absolute Gasteiger partial charge is 0.474 e. The number of primary amides is 1. The van der Waals surface area contributed by atoms with E-state index in [0.717, 1.165) is 0 Å². The number of nitrogens with two attached hydrogens (primary N) is 2. The molecule has 0 heterocycles. The van der Waals surface area contributed by atoms with E-state index in [4.69, 9.17) is 27.8 Å². The zero-order valence-electron chi connectivity index (χ0n) is 10.0. The molecule has 4 nitrogen and oxygen atoms in total. The smallest absolute Gasteiger partial charge is 0.263 e. The number of hydrogen-bond acceptors (Lipinski definition) is 3. The lowest BCUT2D eigenvalue weighted by atomic mass is 10.1. The summed E-state index contributed by atoms with van der Waals surface area (Å²) in [5.41, 5.74) is 12.2. The summed E-state index contributed by atoms with van der Waals surface area (Å²) in [4.78, 5) is 11.5. The molecule has 5 heteroatoms. The quantitative estimate of drug-likeness (QED) is 0.842. The van der Waals surface area contributed by atoms with E-state index in [-0.39, 0.29) is 0 Å². The molecule has 1 unspecified atom stereocenters. The standard InChI is InChI=1S/C14H13ClN2O2/c15-10-6-7-12(11(16)8-10)19-13(14(17)18)9-4-2-1-3-5-9/h1-8,13H,16H2,(H2,17,18). The van der Waals surface area contributed by atoms with E-state index in [2.05, 4.69) is 0 Å². The molecule has 0 spiro atoms. The van der Waals surface area contributed by atoms with Gasteiger partial charge >= 0.3 is 0 Å². The van der Waals surface area contributed by atoms with Crippen LogP contribution in [0.5, 0.6) is 5.75 Å². The van der Waals surface area contributed by atoms with Gasteiger partial charge in [-0.2, -0.15) is 0 Å². The molecule has 4 N–H and O–H groups in total. The van der Waals surface area contributed by atoms with Gasteiger partial charge in [-0.25, -0.2) is 0 Å². The Bertz CT molecular complexity index is 587. The van der Waals surface area contributed by atoms with Crippen molar-refractivity contribution in [3.63, 3.8) is 0 Å². The van der Waals surface area contributed by atoms with Crippen LogP contribution in [0.25, 0.3) is 0 Å². The number of rotatable bonds is 4. The zero-order chi connectivity index (χ0) is 13.8. The first kappa shape index (κ1) is 13.2. The summed E-state index contributed by atoms with van der Waals surface area (Å²) in [6.07, 6.45) is -0.885. The van der Waals surface area contributed by atoms with Crippen LogP contribution in [0.2, 0.25) is 5.02 Å². The summed E-state index contributed by atoms with van der Waals surface area (Å²) in [6.45, 7) is 0. The molecule has 2 rings (SSSR count). The van der Waals surface area contributed by atoms with Crippen LogP contribution < -0.4 is 16.2 Å². The molecule has 2 aromatic rings. The predicted molar refractivity (Wildman–Crippen MR) is 74.9 cm³/mol. The molecular formula is C14H13ClN2O2. The topological polar surface area (TPSA) is 78.3 Å². The second-order valence-electron chi connectivity index (χ2n) is 3.99. The minimum Gasteiger partial charge on any atom is -0.474 e. The van der Waals surface area contributed by atoms with Crippen molar-refractivity contribution in [1.82, 2.24) is 0 Å². The molecular weight excluding hydrogens is 264 g/mol. The first-order chi connectivity index (χ1) is 9.08. The number of halogens is 1. The van der Waals surface area contributed by atoms with E-state index in [1.807, 2.05) is 6.07 Å². The second kappa shape index (κ2) is 5.63. The first-order valence-electron chi connectivity index (χ1n) is 5.64. The Morgan fingerprint density at radius 3 is 2.42 bits per heavy atom. The van der Waals surface area contributed by atoms with Crippen LogP contribution in [0.1, 0.15) is 11.7 Å². The summed E-state index contributed by atoms with van der Waals surface area (Å²) in [6, 6.07) is 13.8. The highest BCUT2D eigenvalue weighted by Gasteiger charge is 2.20. The Labute approximate surface area is 115 Å². The molecule has 0 aliphatic heterocycles. The lowest BCUT2D eigenvalue weighted by Gasteiger charge is -2.17. The molecule has 1 atom stereocenters. The third kappa shape index (κ3) is 3.17. The number of ether oxygens (including phenoxy) is 1. The van der Waals surface area contributed by atoms with E-state index < -0.39 is 12.0 Å². The van der Waals surface area contributed by atoms with Crippen LogP contribution in [0.4, 0.5) is 5.69 Å². The minimum absolute atomic E-state index is 0.356. The molecule has 0 fully saturated rings. The average Bonchev–Trinajstić information content (AvgIpc) is 2.38. The average molecular weight is 277 g/mol. The fourth-order valence-corrected chi connectivity index (χ4v) is 1.85. The van der Waals surface area contributed by atoms with Gasteiger partial charge < -0.3 is 16.2 Å². The number of anilines is 1. The van der Waals surface area contributed by atoms with Crippen LogP contribution in [-0.4, -0.2) is 5.91 Å². The third-order valence-corrected chi connectivity index (χ3v) is 2.81. The number of benzene rings is 2. The van der Waals surface area contributed by atoms with E-state index >= 15 is 0 Å². The van der Waals surface area contributed by atoms with Gasteiger partial charge in [0.1, 0.15) is 5.75 Å². The molecule has 19 heavy (non-hydrogen) atoms. The maximum absolute atomic E-state index is 11.5. The van der Waals surface area contributed by atoms with Gasteiger partial charge in [0, 0.05) is 10.6 Å². The van der Waals surface area contributed by atoms with Crippen molar-refractivity contribution in [3.05, 3.63) is 59.1 Å². The molecule has 2 aromatic carbocycles. The van der Waals surface area contributed by atoms with Gasteiger partial charge in [0.25, 0.3) is 5.91 Å². The SMILES string of the molecule is NC(=O)C(Oc1ccc(Cl)cc1N)c1ccccc1. The van der Waals surface area contributed by atoms with Gasteiger partial charge in [-0.1, -0.05) is 41.9 Å². The third-order valence-electron chi connectivity index (χ3n) is 2.58. The van der Waals surface area contributed by atoms with Crippen molar-refractivity contribution >= 4 is 23.2 Å². The fourth-order valence-electron chi connectivity index (χ4n) is 1.67. The highest BCUT2D eigenvalue weighted by Crippen LogP contribution is 2.29. The van der Waals surface area contributed by atoms with Gasteiger partial charge in [0.15, 0.2) is 0 Å². The van der Waals surface area contributed by atoms with Crippen LogP contribution >= 0.6 is 11.6 Å². The number of hydrogen-bond donors (Lipinski definition) is 2. The Hall–Kier alpha value is -2.20. The van der Waals surface area contributed by atoms with Crippen molar-refractivity contribution in [2.24, 2.45) is 5.73 Å². The van der Waals surface area contributed by atoms with Crippen molar-refractivity contribution in [2.45, 2.75) is 6.10 Å². The normalized spacial score (nSPS) is 11.8.